The summed E-state index contributed by atoms with van der Waals surface area (Å²) in [5, 5.41) is 3.07. The highest BCUT2D eigenvalue weighted by Gasteiger charge is 2.33. The van der Waals surface area contributed by atoms with Crippen LogP contribution >= 0.6 is 0 Å². The van der Waals surface area contributed by atoms with Crippen LogP contribution in [0, 0.1) is 0 Å². The number of anilines is 2. The van der Waals surface area contributed by atoms with Crippen molar-refractivity contribution in [1.82, 2.24) is 4.98 Å². The molecule has 1 aliphatic carbocycles. The first-order chi connectivity index (χ1) is 16.1. The number of esters is 2. The Hall–Kier alpha value is -3.39. The average molecular weight is 452 g/mol. The maximum absolute atomic E-state index is 12.6. The number of carbonyl (C=O) groups excluding carboxylic acids is 2. The van der Waals surface area contributed by atoms with Crippen LogP contribution in [0.25, 0.3) is 11.1 Å². The molecule has 0 saturated heterocycles. The zero-order valence-corrected chi connectivity index (χ0v) is 19.2. The molecule has 0 amide bonds. The predicted octanol–water partition coefficient (Wildman–Crippen LogP) is 3.80. The van der Waals surface area contributed by atoms with E-state index in [4.69, 9.17) is 14.2 Å². The van der Waals surface area contributed by atoms with Crippen molar-refractivity contribution in [3.8, 4) is 11.1 Å². The van der Waals surface area contributed by atoms with Crippen molar-refractivity contribution in [3.63, 3.8) is 0 Å². The molecular formula is C25H29N3O5. The zero-order valence-electron chi connectivity index (χ0n) is 19.2. The van der Waals surface area contributed by atoms with Crippen molar-refractivity contribution in [2.24, 2.45) is 0 Å². The van der Waals surface area contributed by atoms with E-state index in [1.54, 1.807) is 20.0 Å². The maximum Gasteiger partial charge on any atom is 0.347 e. The van der Waals surface area contributed by atoms with E-state index in [-0.39, 0.29) is 24.8 Å². The van der Waals surface area contributed by atoms with Crippen molar-refractivity contribution in [3.05, 3.63) is 53.4 Å². The number of nitrogens with zero attached hydrogens (tertiary/aromatic N) is 2. The molecule has 0 spiro atoms. The molecule has 2 aromatic rings. The van der Waals surface area contributed by atoms with Gasteiger partial charge in [-0.15, -0.1) is 0 Å². The summed E-state index contributed by atoms with van der Waals surface area (Å²) < 4.78 is 16.3. The Bertz CT molecular complexity index is 1060. The number of aromatic nitrogens is 1. The zero-order chi connectivity index (χ0) is 23.4. The molecule has 0 unspecified atom stereocenters. The van der Waals surface area contributed by atoms with Crippen LogP contribution in [-0.2, 0) is 37.0 Å². The third-order valence-corrected chi connectivity index (χ3v) is 5.63. The fourth-order valence-corrected chi connectivity index (χ4v) is 3.94. The van der Waals surface area contributed by atoms with E-state index in [0.29, 0.717) is 13.2 Å². The summed E-state index contributed by atoms with van der Waals surface area (Å²) in [7, 11) is 1.84. The van der Waals surface area contributed by atoms with Gasteiger partial charge in [-0.2, -0.15) is 0 Å². The second-order valence-electron chi connectivity index (χ2n) is 7.86. The minimum atomic E-state index is -0.686. The van der Waals surface area contributed by atoms with Crippen molar-refractivity contribution in [2.75, 3.05) is 30.5 Å². The van der Waals surface area contributed by atoms with Crippen LogP contribution in [0.3, 0.4) is 0 Å². The van der Waals surface area contributed by atoms with Gasteiger partial charge in [-0.25, -0.2) is 14.6 Å². The van der Waals surface area contributed by atoms with Crippen LogP contribution in [0.1, 0.15) is 37.9 Å². The van der Waals surface area contributed by atoms with Crippen LogP contribution in [0.4, 0.5) is 11.5 Å². The number of hydrogen-bond donors (Lipinski definition) is 1. The quantitative estimate of drug-likeness (QED) is 0.281. The number of fused-ring (bicyclic) bond motifs is 3. The number of pyridine rings is 1. The molecule has 8 nitrogen and oxygen atoms in total. The summed E-state index contributed by atoms with van der Waals surface area (Å²) in [6, 6.07) is 10.2. The molecule has 4 rings (SSSR count). The van der Waals surface area contributed by atoms with E-state index in [0.717, 1.165) is 46.7 Å². The molecule has 1 aromatic carbocycles. The number of ether oxygens (including phenoxy) is 3. The fourth-order valence-electron chi connectivity index (χ4n) is 3.94. The van der Waals surface area contributed by atoms with Gasteiger partial charge < -0.3 is 24.4 Å². The van der Waals surface area contributed by atoms with Gasteiger partial charge in [0, 0.05) is 36.1 Å². The third-order valence-electron chi connectivity index (χ3n) is 5.63. The van der Waals surface area contributed by atoms with Crippen LogP contribution < -0.4 is 10.2 Å². The molecule has 174 valence electrons. The Morgan fingerprint density at radius 1 is 1.09 bits per heavy atom. The van der Waals surface area contributed by atoms with Crippen LogP contribution in [0.5, 0.6) is 0 Å². The maximum atomic E-state index is 12.6. The summed E-state index contributed by atoms with van der Waals surface area (Å²) >= 11 is 0. The standard InChI is InChI=1S/C25H29N3O5/c1-4-32-24(29)19(25(30)33-5-2)13-28(16-9-10-16)22-8-6-7-17-18-11-12-23(26-3)27-21(18)15-31-14-20(17)22/h6-8,11-13,16H,4-5,9-10,14-15H2,1-3H3,(H,26,27). The van der Waals surface area contributed by atoms with Gasteiger partial charge in [-0.3, -0.25) is 0 Å². The molecule has 0 radical (unpaired) electrons. The first-order valence-corrected chi connectivity index (χ1v) is 11.3. The van der Waals surface area contributed by atoms with E-state index < -0.39 is 11.9 Å². The molecule has 1 N–H and O–H groups in total. The van der Waals surface area contributed by atoms with E-state index in [1.807, 2.05) is 36.2 Å². The number of nitrogens with one attached hydrogen (secondary N) is 1. The number of carbonyl (C=O) groups is 2. The first-order valence-electron chi connectivity index (χ1n) is 11.3. The summed E-state index contributed by atoms with van der Waals surface area (Å²) in [6.45, 7) is 4.55. The fraction of sp³-hybridized carbons (Fsp3) is 0.400. The second-order valence-corrected chi connectivity index (χ2v) is 7.86. The number of benzene rings is 1. The van der Waals surface area contributed by atoms with Gasteiger partial charge in [0.25, 0.3) is 0 Å². The summed E-state index contributed by atoms with van der Waals surface area (Å²) in [5.41, 5.74) is 4.68. The Kier molecular flexibility index (Phi) is 6.93. The Morgan fingerprint density at radius 3 is 2.45 bits per heavy atom. The van der Waals surface area contributed by atoms with E-state index in [1.165, 1.54) is 0 Å². The molecule has 0 atom stereocenters. The highest BCUT2D eigenvalue weighted by molar-refractivity contribution is 6.14. The molecule has 1 aromatic heterocycles. The lowest BCUT2D eigenvalue weighted by Crippen LogP contribution is -2.26. The molecule has 0 bridgehead atoms. The third kappa shape index (κ3) is 4.85. The minimum absolute atomic E-state index is 0.113. The Labute approximate surface area is 193 Å². The minimum Gasteiger partial charge on any atom is -0.462 e. The molecule has 33 heavy (non-hydrogen) atoms. The van der Waals surface area contributed by atoms with Crippen LogP contribution in [0.15, 0.2) is 42.1 Å². The highest BCUT2D eigenvalue weighted by Crippen LogP contribution is 2.41. The van der Waals surface area contributed by atoms with Gasteiger partial charge in [-0.1, -0.05) is 12.1 Å². The number of rotatable bonds is 8. The topological polar surface area (TPSA) is 90.0 Å². The van der Waals surface area contributed by atoms with Gasteiger partial charge >= 0.3 is 11.9 Å². The van der Waals surface area contributed by atoms with Crippen molar-refractivity contribution in [1.29, 1.82) is 0 Å². The van der Waals surface area contributed by atoms with Crippen molar-refractivity contribution >= 4 is 23.4 Å². The lowest BCUT2D eigenvalue weighted by Gasteiger charge is -2.25. The van der Waals surface area contributed by atoms with E-state index >= 15 is 0 Å². The SMILES string of the molecule is CCOC(=O)C(=CN(c1cccc2c1COCc1nc(NC)ccc1-2)C1CC1)C(=O)OCC. The summed E-state index contributed by atoms with van der Waals surface area (Å²) in [4.78, 5) is 31.8. The van der Waals surface area contributed by atoms with E-state index in [2.05, 4.69) is 16.4 Å². The molecule has 1 fully saturated rings. The smallest absolute Gasteiger partial charge is 0.347 e. The van der Waals surface area contributed by atoms with Crippen LogP contribution in [0.2, 0.25) is 0 Å². The molecule has 8 heteroatoms. The normalized spacial score (nSPS) is 14.3. The van der Waals surface area contributed by atoms with Gasteiger partial charge in [0.15, 0.2) is 5.57 Å². The van der Waals surface area contributed by atoms with Gasteiger partial charge in [0.2, 0.25) is 0 Å². The first kappa shape index (κ1) is 22.8. The van der Waals surface area contributed by atoms with Gasteiger partial charge in [0.1, 0.15) is 5.82 Å². The Balaban J connectivity index is 1.80. The lowest BCUT2D eigenvalue weighted by atomic mass is 9.97. The molecular weight excluding hydrogens is 422 g/mol. The molecule has 1 saturated carbocycles. The second kappa shape index (κ2) is 10.0. The average Bonchev–Trinajstić information content (AvgIpc) is 3.66. The lowest BCUT2D eigenvalue weighted by molar-refractivity contribution is -0.146. The Morgan fingerprint density at radius 2 is 1.82 bits per heavy atom. The predicted molar refractivity (Wildman–Crippen MR) is 125 cm³/mol. The monoisotopic (exact) mass is 451 g/mol. The summed E-state index contributed by atoms with van der Waals surface area (Å²) in [5.74, 6) is -0.587. The van der Waals surface area contributed by atoms with Gasteiger partial charge in [-0.05, 0) is 50.5 Å². The number of hydrogen-bond acceptors (Lipinski definition) is 8. The summed E-state index contributed by atoms with van der Waals surface area (Å²) in [6.07, 6.45) is 3.50. The van der Waals surface area contributed by atoms with Crippen LogP contribution in [-0.4, -0.2) is 43.2 Å². The van der Waals surface area contributed by atoms with Gasteiger partial charge in [0.05, 0.1) is 32.1 Å². The highest BCUT2D eigenvalue weighted by atomic mass is 16.6. The molecule has 1 aliphatic heterocycles. The van der Waals surface area contributed by atoms with E-state index in [9.17, 15) is 9.59 Å². The molecule has 2 aliphatic rings. The largest absolute Gasteiger partial charge is 0.462 e. The van der Waals surface area contributed by atoms with Crippen molar-refractivity contribution < 1.29 is 23.8 Å². The van der Waals surface area contributed by atoms with Crippen molar-refractivity contribution in [2.45, 2.75) is 45.9 Å². The molecule has 2 heterocycles.